The molecule has 0 heterocycles. The lowest BCUT2D eigenvalue weighted by molar-refractivity contribution is 0.150. The van der Waals surface area contributed by atoms with E-state index in [-0.39, 0.29) is 11.5 Å². The first-order valence-corrected chi connectivity index (χ1v) is 4.75. The molecule has 0 amide bonds. The molecule has 0 aliphatic heterocycles. The van der Waals surface area contributed by atoms with E-state index in [1.54, 1.807) is 19.1 Å². The van der Waals surface area contributed by atoms with E-state index in [0.29, 0.717) is 17.5 Å². The first-order chi connectivity index (χ1) is 6.52. The molecule has 1 saturated carbocycles. The summed E-state index contributed by atoms with van der Waals surface area (Å²) >= 11 is 0. The molecule has 0 spiro atoms. The Morgan fingerprint density at radius 2 is 1.93 bits per heavy atom. The predicted octanol–water partition coefficient (Wildman–Crippen LogP) is 1.47. The Labute approximate surface area is 82.6 Å². The fourth-order valence-electron chi connectivity index (χ4n) is 1.56. The van der Waals surface area contributed by atoms with Gasteiger partial charge in [-0.2, -0.15) is 0 Å². The van der Waals surface area contributed by atoms with Crippen LogP contribution in [0.3, 0.4) is 0 Å². The Hall–Kier alpha value is -1.22. The number of rotatable bonds is 2. The summed E-state index contributed by atoms with van der Waals surface area (Å²) in [6, 6.07) is 3.21. The molecular weight excluding hydrogens is 180 g/mol. The minimum atomic E-state index is -0.610. The van der Waals surface area contributed by atoms with Crippen molar-refractivity contribution in [3.8, 4) is 11.5 Å². The van der Waals surface area contributed by atoms with Gasteiger partial charge in [-0.05, 0) is 31.4 Å². The minimum absolute atomic E-state index is 0.0917. The molecule has 2 rings (SSSR count). The number of hydrogen-bond acceptors (Lipinski definition) is 3. The molecule has 0 unspecified atom stereocenters. The highest BCUT2D eigenvalue weighted by Gasteiger charge is 2.40. The monoisotopic (exact) mass is 194 g/mol. The van der Waals surface area contributed by atoms with Gasteiger partial charge in [0.05, 0.1) is 5.60 Å². The van der Waals surface area contributed by atoms with Crippen LogP contribution in [0.5, 0.6) is 11.5 Å². The van der Waals surface area contributed by atoms with E-state index in [1.165, 1.54) is 0 Å². The highest BCUT2D eigenvalue weighted by Crippen LogP contribution is 2.41. The predicted molar refractivity (Wildman–Crippen MR) is 52.4 cm³/mol. The van der Waals surface area contributed by atoms with E-state index in [0.717, 1.165) is 12.8 Å². The molecule has 0 saturated heterocycles. The van der Waals surface area contributed by atoms with E-state index in [2.05, 4.69) is 0 Å². The van der Waals surface area contributed by atoms with Gasteiger partial charge in [-0.25, -0.2) is 0 Å². The van der Waals surface area contributed by atoms with E-state index in [9.17, 15) is 15.3 Å². The summed E-state index contributed by atoms with van der Waals surface area (Å²) in [6.45, 7) is 1.66. The van der Waals surface area contributed by atoms with E-state index < -0.39 is 5.60 Å². The van der Waals surface area contributed by atoms with Crippen LogP contribution < -0.4 is 0 Å². The van der Waals surface area contributed by atoms with Crippen LogP contribution in [0.1, 0.15) is 24.0 Å². The van der Waals surface area contributed by atoms with Crippen LogP contribution in [0.4, 0.5) is 0 Å². The number of hydrogen-bond donors (Lipinski definition) is 3. The van der Waals surface area contributed by atoms with Gasteiger partial charge in [0.2, 0.25) is 0 Å². The van der Waals surface area contributed by atoms with Crippen LogP contribution in [0, 0.1) is 6.92 Å². The molecule has 0 radical (unpaired) electrons. The molecule has 1 aromatic rings. The second-order valence-corrected chi connectivity index (χ2v) is 4.12. The third kappa shape index (κ3) is 1.55. The van der Waals surface area contributed by atoms with Gasteiger partial charge >= 0.3 is 0 Å². The third-order valence-corrected chi connectivity index (χ3v) is 2.83. The number of aromatic hydroxyl groups is 2. The zero-order valence-electron chi connectivity index (χ0n) is 8.12. The van der Waals surface area contributed by atoms with Gasteiger partial charge in [0.15, 0.2) is 0 Å². The van der Waals surface area contributed by atoms with Gasteiger partial charge in [0.25, 0.3) is 0 Å². The van der Waals surface area contributed by atoms with Gasteiger partial charge in [-0.15, -0.1) is 0 Å². The Morgan fingerprint density at radius 3 is 2.50 bits per heavy atom. The maximum Gasteiger partial charge on any atom is 0.125 e. The number of aliphatic hydroxyl groups is 1. The number of benzene rings is 1. The highest BCUT2D eigenvalue weighted by molar-refractivity contribution is 5.48. The summed E-state index contributed by atoms with van der Waals surface area (Å²) in [5.74, 6) is 0.194. The molecule has 0 bridgehead atoms. The van der Waals surface area contributed by atoms with Crippen LogP contribution in [0.2, 0.25) is 0 Å². The molecule has 1 aliphatic rings. The van der Waals surface area contributed by atoms with Crippen molar-refractivity contribution >= 4 is 0 Å². The van der Waals surface area contributed by atoms with Gasteiger partial charge in [0, 0.05) is 12.0 Å². The summed E-state index contributed by atoms with van der Waals surface area (Å²) < 4.78 is 0. The summed E-state index contributed by atoms with van der Waals surface area (Å²) in [5.41, 5.74) is 0.577. The quantitative estimate of drug-likeness (QED) is 0.668. The maximum atomic E-state index is 9.70. The van der Waals surface area contributed by atoms with Crippen molar-refractivity contribution in [2.45, 2.75) is 31.8 Å². The smallest absolute Gasteiger partial charge is 0.125 e. The zero-order valence-corrected chi connectivity index (χ0v) is 8.12. The van der Waals surface area contributed by atoms with Crippen LogP contribution in [0.25, 0.3) is 0 Å². The van der Waals surface area contributed by atoms with Gasteiger partial charge in [0.1, 0.15) is 11.5 Å². The number of phenols is 2. The topological polar surface area (TPSA) is 60.7 Å². The van der Waals surface area contributed by atoms with Crippen molar-refractivity contribution in [3.63, 3.8) is 0 Å². The van der Waals surface area contributed by atoms with Crippen molar-refractivity contribution < 1.29 is 15.3 Å². The summed E-state index contributed by atoms with van der Waals surface area (Å²) in [5, 5.41) is 28.7. The molecule has 3 heteroatoms. The van der Waals surface area contributed by atoms with E-state index in [4.69, 9.17) is 0 Å². The van der Waals surface area contributed by atoms with Crippen molar-refractivity contribution in [3.05, 3.63) is 23.3 Å². The average molecular weight is 194 g/mol. The average Bonchev–Trinajstić information content (AvgIpc) is 2.86. The molecule has 14 heavy (non-hydrogen) atoms. The molecule has 1 aromatic carbocycles. The summed E-state index contributed by atoms with van der Waals surface area (Å²) in [7, 11) is 0. The second-order valence-electron chi connectivity index (χ2n) is 4.12. The highest BCUT2D eigenvalue weighted by atomic mass is 16.3. The van der Waals surface area contributed by atoms with Crippen LogP contribution in [-0.4, -0.2) is 20.9 Å². The van der Waals surface area contributed by atoms with Gasteiger partial charge < -0.3 is 15.3 Å². The zero-order chi connectivity index (χ0) is 10.3. The van der Waals surface area contributed by atoms with Gasteiger partial charge in [-0.1, -0.05) is 6.07 Å². The molecular formula is C11H14O3. The molecule has 76 valence electrons. The standard InChI is InChI=1S/C11H14O3/c1-7-9(12)3-2-8(10(7)13)6-11(14)4-5-11/h2-3,12-14H,4-6H2,1H3. The fraction of sp³-hybridized carbons (Fsp3) is 0.455. The Balaban J connectivity index is 2.30. The Kier molecular flexibility index (Phi) is 1.93. The van der Waals surface area contributed by atoms with E-state index in [1.807, 2.05) is 0 Å². The second kappa shape index (κ2) is 2.89. The Bertz CT molecular complexity index is 367. The van der Waals surface area contributed by atoms with Crippen LogP contribution >= 0.6 is 0 Å². The minimum Gasteiger partial charge on any atom is -0.508 e. The van der Waals surface area contributed by atoms with Crippen molar-refractivity contribution in [1.29, 1.82) is 0 Å². The third-order valence-electron chi connectivity index (χ3n) is 2.83. The first kappa shape index (κ1) is 9.34. The lowest BCUT2D eigenvalue weighted by atomic mass is 10.0. The first-order valence-electron chi connectivity index (χ1n) is 4.75. The molecule has 3 nitrogen and oxygen atoms in total. The van der Waals surface area contributed by atoms with Crippen molar-refractivity contribution in [1.82, 2.24) is 0 Å². The lowest BCUT2D eigenvalue weighted by Crippen LogP contribution is -2.10. The molecule has 1 fully saturated rings. The maximum absolute atomic E-state index is 9.70. The largest absolute Gasteiger partial charge is 0.508 e. The normalized spacial score (nSPS) is 18.1. The number of phenolic OH excluding ortho intramolecular Hbond substituents is 2. The molecule has 0 aromatic heterocycles. The van der Waals surface area contributed by atoms with Gasteiger partial charge in [-0.3, -0.25) is 0 Å². The van der Waals surface area contributed by atoms with Crippen LogP contribution in [0.15, 0.2) is 12.1 Å². The molecule has 0 atom stereocenters. The van der Waals surface area contributed by atoms with Crippen LogP contribution in [-0.2, 0) is 6.42 Å². The fourth-order valence-corrected chi connectivity index (χ4v) is 1.56. The molecule has 1 aliphatic carbocycles. The summed E-state index contributed by atoms with van der Waals surface area (Å²) in [4.78, 5) is 0. The SMILES string of the molecule is Cc1c(O)ccc(CC2(O)CC2)c1O. The lowest BCUT2D eigenvalue weighted by Gasteiger charge is -2.11. The van der Waals surface area contributed by atoms with Crippen molar-refractivity contribution in [2.75, 3.05) is 0 Å². The Morgan fingerprint density at radius 1 is 1.29 bits per heavy atom. The van der Waals surface area contributed by atoms with E-state index >= 15 is 0 Å². The molecule has 3 N–H and O–H groups in total. The summed E-state index contributed by atoms with van der Waals surface area (Å²) in [6.07, 6.45) is 2.07. The van der Waals surface area contributed by atoms with Crippen molar-refractivity contribution in [2.24, 2.45) is 0 Å².